The third-order valence-electron chi connectivity index (χ3n) is 13.5. The van der Waals surface area contributed by atoms with E-state index in [1.54, 1.807) is 24.3 Å². The molecule has 1 aromatic rings. The second-order valence-electron chi connectivity index (χ2n) is 20.2. The van der Waals surface area contributed by atoms with Crippen LogP contribution in [0.1, 0.15) is 122 Å². The Hall–Kier alpha value is -7.54. The highest BCUT2D eigenvalue weighted by atomic mass is 16.2. The van der Waals surface area contributed by atoms with Gasteiger partial charge in [0.15, 0.2) is 11.9 Å². The molecule has 1 saturated carbocycles. The number of rotatable bonds is 30. The van der Waals surface area contributed by atoms with Crippen LogP contribution in [0.4, 0.5) is 0 Å². The van der Waals surface area contributed by atoms with Gasteiger partial charge in [-0.1, -0.05) is 76.3 Å². The molecule has 0 spiro atoms. The quantitative estimate of drug-likeness (QED) is 0.0206. The highest BCUT2D eigenvalue weighted by molar-refractivity contribution is 5.99. The molecule has 1 aliphatic carbocycles. The van der Waals surface area contributed by atoms with Gasteiger partial charge in [0.05, 0.1) is 6.42 Å². The van der Waals surface area contributed by atoms with Crippen molar-refractivity contribution >= 4 is 71.0 Å². The molecule has 10 amide bonds. The van der Waals surface area contributed by atoms with Gasteiger partial charge in [-0.05, 0) is 75.2 Å². The molecule has 0 aromatic heterocycles. The van der Waals surface area contributed by atoms with Crippen LogP contribution < -0.4 is 71.6 Å². The molecular formula is C50H80N16O10. The van der Waals surface area contributed by atoms with E-state index in [-0.39, 0.29) is 114 Å². The van der Waals surface area contributed by atoms with Gasteiger partial charge in [-0.15, -0.1) is 0 Å². The normalized spacial score (nSPS) is 18.8. The van der Waals surface area contributed by atoms with Crippen LogP contribution in [-0.4, -0.2) is 144 Å². The number of hydrogen-bond acceptors (Lipinski definition) is 12. The van der Waals surface area contributed by atoms with E-state index in [1.807, 2.05) is 19.9 Å². The number of guanidine groups is 2. The molecule has 26 nitrogen and oxygen atoms in total. The highest BCUT2D eigenvalue weighted by Gasteiger charge is 2.41. The lowest BCUT2D eigenvalue weighted by Crippen LogP contribution is -2.60. The fourth-order valence-electron chi connectivity index (χ4n) is 9.65. The number of likely N-dealkylation sites (tertiary alicyclic amines) is 1. The summed E-state index contributed by atoms with van der Waals surface area (Å²) in [5.41, 5.74) is 33.5. The maximum atomic E-state index is 14.7. The predicted molar refractivity (Wildman–Crippen MR) is 281 cm³/mol. The number of hydrogen-bond donors (Lipinski definition) is 13. The number of benzene rings is 1. The molecule has 420 valence electrons. The first-order valence-electron chi connectivity index (χ1n) is 26.3. The second-order valence-corrected chi connectivity index (χ2v) is 20.2. The molecule has 0 bridgehead atoms. The third kappa shape index (κ3) is 20.6. The molecule has 4 rings (SSSR count). The summed E-state index contributed by atoms with van der Waals surface area (Å²) in [6.45, 7) is 3.99. The van der Waals surface area contributed by atoms with Crippen molar-refractivity contribution in [3.05, 3.63) is 35.9 Å². The zero-order valence-corrected chi connectivity index (χ0v) is 43.7. The van der Waals surface area contributed by atoms with Crippen molar-refractivity contribution in [2.24, 2.45) is 56.2 Å². The minimum Gasteiger partial charge on any atom is -0.370 e. The Balaban J connectivity index is 1.60. The summed E-state index contributed by atoms with van der Waals surface area (Å²) in [5, 5.41) is 19.0. The number of carbonyl (C=O) groups is 10. The number of amides is 10. The first kappa shape index (κ1) is 61.0. The number of primary amides is 2. The van der Waals surface area contributed by atoms with Crippen LogP contribution in [0.5, 0.6) is 0 Å². The van der Waals surface area contributed by atoms with Crippen molar-refractivity contribution in [3.63, 3.8) is 0 Å². The molecule has 3 aliphatic rings. The SMILES string of the molecule is CC(C)C[C@H](NC(=O)[C@H](Cc1ccccc1)NC(=O)[C@@H]1CCC(=O)N1)C(=O)N[C@@H](CC1CCCCC1)C(=O)N[C@@H](CCCN=C(N)N)C(=O)N1CCC[C@H]1C(=O)N[C@@H](CCCN=C(N)N)C(=O)N[C@@H](CC(N)=O)C(N)=O. The van der Waals surface area contributed by atoms with Crippen molar-refractivity contribution in [1.82, 2.24) is 42.1 Å². The van der Waals surface area contributed by atoms with E-state index < -0.39 is 108 Å². The summed E-state index contributed by atoms with van der Waals surface area (Å²) in [5.74, 6) is -7.46. The van der Waals surface area contributed by atoms with Gasteiger partial charge in [0.2, 0.25) is 59.1 Å². The summed E-state index contributed by atoms with van der Waals surface area (Å²) in [6.07, 6.45) is 5.61. The Kier molecular flexibility index (Phi) is 24.7. The molecule has 19 N–H and O–H groups in total. The fourth-order valence-corrected chi connectivity index (χ4v) is 9.65. The van der Waals surface area contributed by atoms with Crippen LogP contribution in [0.25, 0.3) is 0 Å². The number of carbonyl (C=O) groups excluding carboxylic acids is 10. The first-order valence-corrected chi connectivity index (χ1v) is 26.3. The summed E-state index contributed by atoms with van der Waals surface area (Å²) < 4.78 is 0. The van der Waals surface area contributed by atoms with Crippen molar-refractivity contribution in [1.29, 1.82) is 0 Å². The van der Waals surface area contributed by atoms with Gasteiger partial charge >= 0.3 is 0 Å². The fraction of sp³-hybridized carbons (Fsp3) is 0.640. The Morgan fingerprint density at radius 3 is 1.76 bits per heavy atom. The van der Waals surface area contributed by atoms with Gasteiger partial charge in [0.25, 0.3) is 0 Å². The lowest BCUT2D eigenvalue weighted by atomic mass is 9.84. The first-order chi connectivity index (χ1) is 36.1. The van der Waals surface area contributed by atoms with E-state index in [1.165, 1.54) is 4.90 Å². The minimum atomic E-state index is -1.48. The molecular weight excluding hydrogens is 985 g/mol. The van der Waals surface area contributed by atoms with Crippen molar-refractivity contribution in [2.75, 3.05) is 19.6 Å². The van der Waals surface area contributed by atoms with E-state index in [0.29, 0.717) is 6.42 Å². The van der Waals surface area contributed by atoms with Crippen LogP contribution in [-0.2, 0) is 54.4 Å². The maximum Gasteiger partial charge on any atom is 0.245 e. The third-order valence-corrected chi connectivity index (χ3v) is 13.5. The molecule has 0 radical (unpaired) electrons. The van der Waals surface area contributed by atoms with E-state index in [9.17, 15) is 47.9 Å². The van der Waals surface area contributed by atoms with Crippen molar-refractivity contribution < 1.29 is 47.9 Å². The Morgan fingerprint density at radius 2 is 1.18 bits per heavy atom. The average molecular weight is 1070 g/mol. The molecule has 2 saturated heterocycles. The molecule has 2 heterocycles. The highest BCUT2D eigenvalue weighted by Crippen LogP contribution is 2.28. The zero-order valence-electron chi connectivity index (χ0n) is 43.7. The van der Waals surface area contributed by atoms with Crippen LogP contribution in [0, 0.1) is 11.8 Å². The molecule has 26 heteroatoms. The lowest BCUT2D eigenvalue weighted by Gasteiger charge is -2.32. The second kappa shape index (κ2) is 30.7. The Labute approximate surface area is 443 Å². The summed E-state index contributed by atoms with van der Waals surface area (Å²) >= 11 is 0. The van der Waals surface area contributed by atoms with Gasteiger partial charge in [-0.2, -0.15) is 0 Å². The number of nitrogens with zero attached hydrogens (tertiary/aromatic N) is 3. The molecule has 0 unspecified atom stereocenters. The molecule has 76 heavy (non-hydrogen) atoms. The van der Waals surface area contributed by atoms with Gasteiger partial charge in [0, 0.05) is 32.5 Å². The van der Waals surface area contributed by atoms with Crippen LogP contribution in [0.3, 0.4) is 0 Å². The van der Waals surface area contributed by atoms with Crippen LogP contribution >= 0.6 is 0 Å². The van der Waals surface area contributed by atoms with Gasteiger partial charge in [-0.3, -0.25) is 57.9 Å². The van der Waals surface area contributed by atoms with Gasteiger partial charge in [0.1, 0.15) is 48.3 Å². The average Bonchev–Trinajstić information content (AvgIpc) is 4.05. The zero-order chi connectivity index (χ0) is 55.9. The van der Waals surface area contributed by atoms with Gasteiger partial charge < -0.3 is 76.5 Å². The largest absolute Gasteiger partial charge is 0.370 e. The Morgan fingerprint density at radius 1 is 0.632 bits per heavy atom. The van der Waals surface area contributed by atoms with Gasteiger partial charge in [-0.25, -0.2) is 0 Å². The summed E-state index contributed by atoms with van der Waals surface area (Å²) in [4.78, 5) is 144. The molecule has 8 atom stereocenters. The maximum absolute atomic E-state index is 14.7. The predicted octanol–water partition coefficient (Wildman–Crippen LogP) is -3.11. The van der Waals surface area contributed by atoms with E-state index >= 15 is 0 Å². The minimum absolute atomic E-state index is 0.00553. The van der Waals surface area contributed by atoms with Crippen LogP contribution in [0.15, 0.2) is 40.3 Å². The van der Waals surface area contributed by atoms with Crippen molar-refractivity contribution in [3.8, 4) is 0 Å². The van der Waals surface area contributed by atoms with E-state index in [0.717, 1.165) is 37.7 Å². The standard InChI is InChI=1S/C50H80N16O10/c1-28(2)24-35(63-46(74)37(26-30-14-7-4-8-15-30)64-43(71)32-19-20-40(68)59-32)44(72)65-36(25-29-12-5-3-6-13-29)45(73)61-33(17-10-22-58-50(55)56)48(76)66-23-11-18-38(66)47(75)60-31(16-9-21-57-49(53)54)42(70)62-34(41(52)69)27-39(51)67/h4,7-8,14-15,28-29,31-38H,3,5-6,9-13,16-27H2,1-2H3,(H2,51,67)(H2,52,69)(H,59,68)(H,60,75)(H,61,73)(H,62,70)(H,63,74)(H,64,71)(H,65,72)(H4,53,54,57)(H4,55,56,58)/t31-,32-,33-,34-,35-,36-,37-,38-/m0/s1. The van der Waals surface area contributed by atoms with Crippen LogP contribution in [0.2, 0.25) is 0 Å². The Bertz CT molecular complexity index is 2250. The number of nitrogens with one attached hydrogen (secondary N) is 7. The summed E-state index contributed by atoms with van der Waals surface area (Å²) in [7, 11) is 0. The number of nitrogens with two attached hydrogens (primary N) is 6. The monoisotopic (exact) mass is 1060 g/mol. The lowest BCUT2D eigenvalue weighted by molar-refractivity contribution is -0.143. The smallest absolute Gasteiger partial charge is 0.245 e. The molecule has 2 aliphatic heterocycles. The van der Waals surface area contributed by atoms with E-state index in [4.69, 9.17) is 34.4 Å². The molecule has 1 aromatic carbocycles. The van der Waals surface area contributed by atoms with E-state index in [2.05, 4.69) is 47.2 Å². The number of aliphatic imine (C=N–C) groups is 2. The molecule has 3 fully saturated rings. The summed E-state index contributed by atoms with van der Waals surface area (Å²) in [6, 6.07) is -0.507. The topological polar surface area (TPSA) is 439 Å². The van der Waals surface area contributed by atoms with Crippen molar-refractivity contribution in [2.45, 2.75) is 171 Å².